The quantitative estimate of drug-likeness (QED) is 0.226. The van der Waals surface area contributed by atoms with E-state index in [1.807, 2.05) is 0 Å². The van der Waals surface area contributed by atoms with E-state index in [-0.39, 0.29) is 0 Å². The van der Waals surface area contributed by atoms with E-state index >= 15 is 0 Å². The van der Waals surface area contributed by atoms with Crippen molar-refractivity contribution in [1.82, 2.24) is 9.13 Å². The minimum atomic E-state index is 1.21. The van der Waals surface area contributed by atoms with Crippen LogP contribution < -0.4 is 0 Å². The third-order valence-electron chi connectivity index (χ3n) is 8.18. The highest BCUT2D eigenvalue weighted by Crippen LogP contribution is 2.40. The first kappa shape index (κ1) is 21.0. The summed E-state index contributed by atoms with van der Waals surface area (Å²) in [4.78, 5) is 0. The molecule has 7 rings (SSSR count). The fraction of sp³-hybridized carbons (Fsp3) is 0.118. The molecule has 0 radical (unpaired) electrons. The van der Waals surface area contributed by atoms with Gasteiger partial charge in [-0.15, -0.1) is 0 Å². The van der Waals surface area contributed by atoms with Crippen molar-refractivity contribution < 1.29 is 0 Å². The van der Waals surface area contributed by atoms with Crippen molar-refractivity contribution in [2.75, 3.05) is 0 Å². The zero-order valence-electron chi connectivity index (χ0n) is 21.1. The summed E-state index contributed by atoms with van der Waals surface area (Å²) in [6, 6.07) is 35.4. The molecule has 174 valence electrons. The predicted octanol–water partition coefficient (Wildman–Crippen LogP) is 9.11. The monoisotopic (exact) mass is 464 g/mol. The second kappa shape index (κ2) is 7.60. The summed E-state index contributed by atoms with van der Waals surface area (Å²) in [5.41, 5.74) is 10.3. The summed E-state index contributed by atoms with van der Waals surface area (Å²) in [6.45, 7) is 8.95. The normalized spacial score (nSPS) is 11.9. The van der Waals surface area contributed by atoms with Crippen LogP contribution in [0.1, 0.15) is 22.5 Å². The fourth-order valence-electron chi connectivity index (χ4n) is 6.14. The van der Waals surface area contributed by atoms with Gasteiger partial charge in [0.1, 0.15) is 0 Å². The average molecular weight is 465 g/mol. The van der Waals surface area contributed by atoms with Crippen LogP contribution in [0, 0.1) is 27.7 Å². The molecule has 7 aromatic rings. The van der Waals surface area contributed by atoms with E-state index in [0.29, 0.717) is 0 Å². The van der Waals surface area contributed by atoms with E-state index in [1.54, 1.807) is 0 Å². The van der Waals surface area contributed by atoms with Crippen LogP contribution in [0.4, 0.5) is 0 Å². The zero-order valence-corrected chi connectivity index (χ0v) is 21.1. The molecule has 0 saturated carbocycles. The van der Waals surface area contributed by atoms with Crippen molar-refractivity contribution in [3.8, 4) is 11.4 Å². The first-order valence-electron chi connectivity index (χ1n) is 12.6. The van der Waals surface area contributed by atoms with Gasteiger partial charge in [0, 0.05) is 44.3 Å². The molecular weight excluding hydrogens is 436 g/mol. The Bertz CT molecular complexity index is 1810. The Balaban J connectivity index is 1.64. The maximum absolute atomic E-state index is 2.43. The Morgan fingerprint density at radius 3 is 1.08 bits per heavy atom. The number of aromatic nitrogens is 2. The van der Waals surface area contributed by atoms with Gasteiger partial charge in [0.25, 0.3) is 0 Å². The zero-order chi connectivity index (χ0) is 24.6. The van der Waals surface area contributed by atoms with Crippen molar-refractivity contribution in [2.24, 2.45) is 0 Å². The Hall–Kier alpha value is -4.30. The molecule has 0 bridgehead atoms. The van der Waals surface area contributed by atoms with Gasteiger partial charge >= 0.3 is 0 Å². The van der Waals surface area contributed by atoms with Gasteiger partial charge in [-0.25, -0.2) is 0 Å². The minimum absolute atomic E-state index is 1.21. The third kappa shape index (κ3) is 2.73. The molecule has 0 unspecified atom stereocenters. The first-order valence-corrected chi connectivity index (χ1v) is 12.6. The Kier molecular flexibility index (Phi) is 4.44. The van der Waals surface area contributed by atoms with Gasteiger partial charge in [-0.1, -0.05) is 72.8 Å². The Labute approximate surface area is 211 Å². The Morgan fingerprint density at radius 2 is 0.694 bits per heavy atom. The van der Waals surface area contributed by atoms with Gasteiger partial charge in [0.2, 0.25) is 0 Å². The number of benzene rings is 5. The third-order valence-corrected chi connectivity index (χ3v) is 8.18. The molecule has 0 spiro atoms. The molecule has 2 aromatic heterocycles. The molecule has 0 atom stereocenters. The van der Waals surface area contributed by atoms with Gasteiger partial charge in [-0.3, -0.25) is 0 Å². The highest BCUT2D eigenvalue weighted by molar-refractivity contribution is 6.22. The average Bonchev–Trinajstić information content (AvgIpc) is 3.34. The number of aryl methyl sites for hydroxylation is 2. The van der Waals surface area contributed by atoms with E-state index in [4.69, 9.17) is 0 Å². The van der Waals surface area contributed by atoms with E-state index in [1.165, 1.54) is 77.2 Å². The van der Waals surface area contributed by atoms with Gasteiger partial charge in [-0.2, -0.15) is 0 Å². The fourth-order valence-corrected chi connectivity index (χ4v) is 6.14. The van der Waals surface area contributed by atoms with Crippen LogP contribution in [-0.4, -0.2) is 9.13 Å². The molecule has 0 fully saturated rings. The number of fused-ring (bicyclic) bond motifs is 7. The van der Waals surface area contributed by atoms with Crippen LogP contribution in [0.15, 0.2) is 97.1 Å². The lowest BCUT2D eigenvalue weighted by Gasteiger charge is -2.14. The lowest BCUT2D eigenvalue weighted by atomic mass is 9.97. The van der Waals surface area contributed by atoms with Crippen molar-refractivity contribution in [1.29, 1.82) is 0 Å². The summed E-state index contributed by atoms with van der Waals surface area (Å²) >= 11 is 0. The first-order chi connectivity index (χ1) is 17.6. The van der Waals surface area contributed by atoms with Gasteiger partial charge in [-0.05, 0) is 73.9 Å². The summed E-state index contributed by atoms with van der Waals surface area (Å²) < 4.78 is 4.86. The van der Waals surface area contributed by atoms with Gasteiger partial charge in [0.05, 0.1) is 11.0 Å². The van der Waals surface area contributed by atoms with E-state index in [2.05, 4.69) is 134 Å². The van der Waals surface area contributed by atoms with E-state index in [9.17, 15) is 0 Å². The SMILES string of the molecule is Cc1c(C)n(-c2ccccc2)c2c1ccc1c3ccc4c(C)c(C)n(-c5ccccc5)c4c3ccc12. The van der Waals surface area contributed by atoms with Crippen molar-refractivity contribution in [3.05, 3.63) is 120 Å². The minimum Gasteiger partial charge on any atom is -0.313 e. The topological polar surface area (TPSA) is 9.86 Å². The standard InChI is InChI=1S/C34H28N2/c1-21-23(3)35(25-11-7-5-8-12-25)33-27(21)15-17-29-30-18-16-28-22(2)24(4)36(26-13-9-6-10-14-26)34(28)32(30)20-19-31(29)33/h5-20H,1-4H3. The summed E-state index contributed by atoms with van der Waals surface area (Å²) in [5.74, 6) is 0. The van der Waals surface area contributed by atoms with E-state index in [0.717, 1.165) is 0 Å². The van der Waals surface area contributed by atoms with Crippen molar-refractivity contribution in [3.63, 3.8) is 0 Å². The second-order valence-corrected chi connectivity index (χ2v) is 9.94. The maximum atomic E-state index is 2.43. The lowest BCUT2D eigenvalue weighted by Crippen LogP contribution is -1.98. The van der Waals surface area contributed by atoms with Crippen LogP contribution in [0.5, 0.6) is 0 Å². The molecule has 0 aliphatic heterocycles. The largest absolute Gasteiger partial charge is 0.313 e. The van der Waals surface area contributed by atoms with Crippen LogP contribution in [0.3, 0.4) is 0 Å². The summed E-state index contributed by atoms with van der Waals surface area (Å²) in [7, 11) is 0. The molecule has 36 heavy (non-hydrogen) atoms. The number of hydrogen-bond acceptors (Lipinski definition) is 0. The Morgan fingerprint density at radius 1 is 0.361 bits per heavy atom. The van der Waals surface area contributed by atoms with Crippen LogP contribution in [-0.2, 0) is 0 Å². The molecular formula is C34H28N2. The molecule has 0 amide bonds. The lowest BCUT2D eigenvalue weighted by molar-refractivity contribution is 1.04. The van der Waals surface area contributed by atoms with Crippen molar-refractivity contribution in [2.45, 2.75) is 27.7 Å². The number of para-hydroxylation sites is 2. The molecule has 0 aliphatic rings. The summed E-state index contributed by atoms with van der Waals surface area (Å²) in [6.07, 6.45) is 0. The number of nitrogens with zero attached hydrogens (tertiary/aromatic N) is 2. The molecule has 0 saturated heterocycles. The maximum Gasteiger partial charge on any atom is 0.0612 e. The van der Waals surface area contributed by atoms with E-state index < -0.39 is 0 Å². The highest BCUT2D eigenvalue weighted by Gasteiger charge is 2.19. The molecule has 2 heteroatoms. The number of hydrogen-bond donors (Lipinski definition) is 0. The molecule has 2 nitrogen and oxygen atoms in total. The van der Waals surface area contributed by atoms with Crippen LogP contribution in [0.2, 0.25) is 0 Å². The molecule has 0 N–H and O–H groups in total. The smallest absolute Gasteiger partial charge is 0.0612 e. The van der Waals surface area contributed by atoms with Crippen molar-refractivity contribution >= 4 is 43.4 Å². The molecule has 0 aliphatic carbocycles. The second-order valence-electron chi connectivity index (χ2n) is 9.94. The highest BCUT2D eigenvalue weighted by atomic mass is 15.0. The summed E-state index contributed by atoms with van der Waals surface area (Å²) in [5, 5.41) is 7.84. The van der Waals surface area contributed by atoms with Gasteiger partial charge in [0.15, 0.2) is 0 Å². The molecule has 2 heterocycles. The van der Waals surface area contributed by atoms with Gasteiger partial charge < -0.3 is 9.13 Å². The number of rotatable bonds is 2. The van der Waals surface area contributed by atoms with Crippen LogP contribution >= 0.6 is 0 Å². The van der Waals surface area contributed by atoms with Crippen LogP contribution in [0.25, 0.3) is 54.7 Å². The molecule has 5 aromatic carbocycles. The predicted molar refractivity (Wildman–Crippen MR) is 154 cm³/mol.